The summed E-state index contributed by atoms with van der Waals surface area (Å²) < 4.78 is 37.8. The van der Waals surface area contributed by atoms with Crippen LogP contribution in [0.1, 0.15) is 38.8 Å². The summed E-state index contributed by atoms with van der Waals surface area (Å²) in [6.07, 6.45) is -4.61. The van der Waals surface area contributed by atoms with Gasteiger partial charge in [0, 0.05) is 0 Å². The lowest BCUT2D eigenvalue weighted by Gasteiger charge is -2.38. The monoisotopic (exact) mass is 303 g/mol. The normalized spacial score (nSPS) is 13.1. The molecule has 0 saturated carbocycles. The number of carbonyl (C=O) groups excluding carboxylic acids is 1. The second-order valence-corrected chi connectivity index (χ2v) is 6.11. The zero-order valence-electron chi connectivity index (χ0n) is 12.5. The van der Waals surface area contributed by atoms with Gasteiger partial charge in [0.1, 0.15) is 0 Å². The largest absolute Gasteiger partial charge is 0.416 e. The van der Waals surface area contributed by atoms with E-state index in [9.17, 15) is 23.1 Å². The molecule has 1 rings (SSSR count). The summed E-state index contributed by atoms with van der Waals surface area (Å²) in [5.74, 6) is -0.443. The van der Waals surface area contributed by atoms with Gasteiger partial charge < -0.3 is 10.4 Å². The third-order valence-electron chi connectivity index (χ3n) is 3.60. The third kappa shape index (κ3) is 4.74. The number of hydrogen-bond acceptors (Lipinski definition) is 2. The van der Waals surface area contributed by atoms with Gasteiger partial charge in [-0.25, -0.2) is 0 Å². The van der Waals surface area contributed by atoms with Crippen molar-refractivity contribution in [3.05, 3.63) is 35.4 Å². The average Bonchev–Trinajstić information content (AvgIpc) is 2.25. The van der Waals surface area contributed by atoms with E-state index in [-0.39, 0.29) is 12.0 Å². The van der Waals surface area contributed by atoms with Gasteiger partial charge in [0.2, 0.25) is 5.91 Å². The molecule has 0 radical (unpaired) electrons. The number of amides is 1. The molecule has 6 heteroatoms. The number of halogens is 3. The first-order chi connectivity index (χ1) is 9.33. The predicted molar refractivity (Wildman–Crippen MR) is 73.7 cm³/mol. The van der Waals surface area contributed by atoms with Crippen LogP contribution in [0.2, 0.25) is 0 Å². The molecule has 1 aromatic rings. The van der Waals surface area contributed by atoms with Crippen molar-refractivity contribution in [2.45, 2.75) is 51.4 Å². The van der Waals surface area contributed by atoms with Crippen molar-refractivity contribution in [1.29, 1.82) is 0 Å². The number of aliphatic hydroxyl groups is 1. The van der Waals surface area contributed by atoms with Crippen molar-refractivity contribution >= 4 is 5.91 Å². The summed E-state index contributed by atoms with van der Waals surface area (Å²) in [5, 5.41) is 12.6. The highest BCUT2D eigenvalue weighted by Gasteiger charge is 2.36. The van der Waals surface area contributed by atoms with Crippen LogP contribution >= 0.6 is 0 Å². The first-order valence-corrected chi connectivity index (χ1v) is 6.52. The fourth-order valence-electron chi connectivity index (χ4n) is 1.59. The molecule has 1 amide bonds. The van der Waals surface area contributed by atoms with Crippen LogP contribution in [0, 0.1) is 0 Å². The van der Waals surface area contributed by atoms with Crippen LogP contribution in [0.15, 0.2) is 24.3 Å². The van der Waals surface area contributed by atoms with Crippen LogP contribution in [0.25, 0.3) is 0 Å². The molecule has 0 aromatic heterocycles. The smallest absolute Gasteiger partial charge is 0.388 e. The Balaban J connectivity index is 2.81. The van der Waals surface area contributed by atoms with E-state index in [0.29, 0.717) is 0 Å². The summed E-state index contributed by atoms with van der Waals surface area (Å²) in [6, 6.07) is 4.65. The van der Waals surface area contributed by atoms with Crippen molar-refractivity contribution in [2.24, 2.45) is 0 Å². The molecule has 21 heavy (non-hydrogen) atoms. The van der Waals surface area contributed by atoms with Crippen LogP contribution < -0.4 is 5.32 Å². The fourth-order valence-corrected chi connectivity index (χ4v) is 1.59. The van der Waals surface area contributed by atoms with Crippen LogP contribution in [0.4, 0.5) is 13.2 Å². The lowest BCUT2D eigenvalue weighted by molar-refractivity contribution is -0.137. The standard InChI is InChI=1S/C15H20F3NO2/c1-13(2,14(3,4)21)19-12(20)9-10-6-5-7-11(8-10)15(16,17)18/h5-8,21H,9H2,1-4H3,(H,19,20). The van der Waals surface area contributed by atoms with E-state index in [1.165, 1.54) is 12.1 Å². The molecular weight excluding hydrogens is 283 g/mol. The molecule has 0 spiro atoms. The number of rotatable bonds is 4. The van der Waals surface area contributed by atoms with Gasteiger partial charge >= 0.3 is 6.18 Å². The Bertz CT molecular complexity index is 516. The maximum Gasteiger partial charge on any atom is 0.416 e. The first kappa shape index (κ1) is 17.5. The molecule has 0 unspecified atom stereocenters. The highest BCUT2D eigenvalue weighted by Crippen LogP contribution is 2.29. The Labute approximate surface area is 122 Å². The molecule has 2 N–H and O–H groups in total. The van der Waals surface area contributed by atoms with Crippen LogP contribution in [-0.4, -0.2) is 22.2 Å². The Morgan fingerprint density at radius 3 is 2.24 bits per heavy atom. The van der Waals surface area contributed by atoms with Gasteiger partial charge in [-0.05, 0) is 39.3 Å². The van der Waals surface area contributed by atoms with Gasteiger partial charge in [-0.2, -0.15) is 13.2 Å². The van der Waals surface area contributed by atoms with E-state index in [0.717, 1.165) is 12.1 Å². The van der Waals surface area contributed by atoms with Crippen molar-refractivity contribution in [1.82, 2.24) is 5.32 Å². The van der Waals surface area contributed by atoms with E-state index in [1.807, 2.05) is 0 Å². The fraction of sp³-hybridized carbons (Fsp3) is 0.533. The van der Waals surface area contributed by atoms with E-state index >= 15 is 0 Å². The van der Waals surface area contributed by atoms with Crippen molar-refractivity contribution in [2.75, 3.05) is 0 Å². The van der Waals surface area contributed by atoms with E-state index in [4.69, 9.17) is 0 Å². The van der Waals surface area contributed by atoms with Gasteiger partial charge in [0.15, 0.2) is 0 Å². The topological polar surface area (TPSA) is 49.3 Å². The SMILES string of the molecule is CC(C)(O)C(C)(C)NC(=O)Cc1cccc(C(F)(F)F)c1. The second kappa shape index (κ2) is 5.67. The lowest BCUT2D eigenvalue weighted by atomic mass is 9.86. The molecule has 1 aromatic carbocycles. The molecule has 0 saturated heterocycles. The summed E-state index contributed by atoms with van der Waals surface area (Å²) in [4.78, 5) is 11.9. The third-order valence-corrected chi connectivity index (χ3v) is 3.60. The van der Waals surface area contributed by atoms with Gasteiger partial charge in [0.05, 0.1) is 23.1 Å². The minimum Gasteiger partial charge on any atom is -0.388 e. The molecule has 0 fully saturated rings. The number of hydrogen-bond donors (Lipinski definition) is 2. The number of alkyl halides is 3. The highest BCUT2D eigenvalue weighted by molar-refractivity contribution is 5.79. The molecule has 3 nitrogen and oxygen atoms in total. The molecule has 0 aliphatic carbocycles. The Morgan fingerprint density at radius 1 is 1.19 bits per heavy atom. The van der Waals surface area contributed by atoms with Crippen molar-refractivity contribution < 1.29 is 23.1 Å². The molecule has 0 aliphatic rings. The van der Waals surface area contributed by atoms with Crippen molar-refractivity contribution in [3.63, 3.8) is 0 Å². The summed E-state index contributed by atoms with van der Waals surface area (Å²) in [5.41, 5.74) is -2.56. The highest BCUT2D eigenvalue weighted by atomic mass is 19.4. The summed E-state index contributed by atoms with van der Waals surface area (Å²) in [7, 11) is 0. The molecule has 0 bridgehead atoms. The molecule has 0 atom stereocenters. The van der Waals surface area contributed by atoms with Crippen molar-refractivity contribution in [3.8, 4) is 0 Å². The molecule has 118 valence electrons. The van der Waals surface area contributed by atoms with Crippen LogP contribution in [0.3, 0.4) is 0 Å². The summed E-state index contributed by atoms with van der Waals surface area (Å²) >= 11 is 0. The van der Waals surface area contributed by atoms with Gasteiger partial charge in [-0.15, -0.1) is 0 Å². The first-order valence-electron chi connectivity index (χ1n) is 6.52. The van der Waals surface area contributed by atoms with Crippen LogP contribution in [0.5, 0.6) is 0 Å². The minimum absolute atomic E-state index is 0.177. The van der Waals surface area contributed by atoms with Gasteiger partial charge in [0.25, 0.3) is 0 Å². The molecule has 0 aliphatic heterocycles. The lowest BCUT2D eigenvalue weighted by Crippen LogP contribution is -2.58. The Kier molecular flexibility index (Phi) is 4.73. The quantitative estimate of drug-likeness (QED) is 0.898. The number of benzene rings is 1. The summed E-state index contributed by atoms with van der Waals surface area (Å²) in [6.45, 7) is 6.41. The molecular formula is C15H20F3NO2. The molecule has 0 heterocycles. The maximum absolute atomic E-state index is 12.6. The average molecular weight is 303 g/mol. The zero-order chi connectivity index (χ0) is 16.5. The van der Waals surface area contributed by atoms with Crippen LogP contribution in [-0.2, 0) is 17.4 Å². The predicted octanol–water partition coefficient (Wildman–Crippen LogP) is 2.91. The number of nitrogens with one attached hydrogen (secondary N) is 1. The second-order valence-electron chi connectivity index (χ2n) is 6.11. The van der Waals surface area contributed by atoms with E-state index in [1.54, 1.807) is 27.7 Å². The van der Waals surface area contributed by atoms with E-state index in [2.05, 4.69) is 5.32 Å². The Hall–Kier alpha value is -1.56. The van der Waals surface area contributed by atoms with Gasteiger partial charge in [-0.3, -0.25) is 4.79 Å². The maximum atomic E-state index is 12.6. The minimum atomic E-state index is -4.43. The number of carbonyl (C=O) groups is 1. The zero-order valence-corrected chi connectivity index (χ0v) is 12.5. The Morgan fingerprint density at radius 2 is 1.76 bits per heavy atom. The van der Waals surface area contributed by atoms with E-state index < -0.39 is 28.8 Å². The van der Waals surface area contributed by atoms with Gasteiger partial charge in [-0.1, -0.05) is 18.2 Å².